The van der Waals surface area contributed by atoms with Crippen molar-refractivity contribution in [2.45, 2.75) is 31.9 Å². The number of hydrogen-bond acceptors (Lipinski definition) is 2. The van der Waals surface area contributed by atoms with Crippen LogP contribution in [-0.2, 0) is 4.79 Å². The van der Waals surface area contributed by atoms with Crippen LogP contribution in [0.15, 0.2) is 24.3 Å². The van der Waals surface area contributed by atoms with Crippen molar-refractivity contribution in [3.05, 3.63) is 29.3 Å². The van der Waals surface area contributed by atoms with Crippen molar-refractivity contribution in [3.63, 3.8) is 0 Å². The number of ether oxygens (including phenoxy) is 1. The Morgan fingerprint density at radius 2 is 2.06 bits per heavy atom. The number of carbonyl (C=O) groups excluding carboxylic acids is 1. The molecule has 1 aromatic carbocycles. The summed E-state index contributed by atoms with van der Waals surface area (Å²) in [6, 6.07) is 7.35. The predicted molar refractivity (Wildman–Crippen MR) is 62.7 cm³/mol. The smallest absolute Gasteiger partial charge is 0.260 e. The minimum absolute atomic E-state index is 0.0579. The van der Waals surface area contributed by atoms with Gasteiger partial charge in [-0.05, 0) is 44.0 Å². The number of amides is 1. The highest BCUT2D eigenvalue weighted by atomic mass is 35.5. The van der Waals surface area contributed by atoms with Gasteiger partial charge in [-0.1, -0.05) is 11.6 Å². The molecule has 1 aliphatic rings. The fourth-order valence-electron chi connectivity index (χ4n) is 1.32. The van der Waals surface area contributed by atoms with Crippen LogP contribution in [0.1, 0.15) is 19.8 Å². The van der Waals surface area contributed by atoms with Crippen molar-refractivity contribution in [1.29, 1.82) is 0 Å². The van der Waals surface area contributed by atoms with Crippen molar-refractivity contribution < 1.29 is 9.53 Å². The average Bonchev–Trinajstić information content (AvgIpc) is 3.05. The molecule has 1 saturated carbocycles. The molecule has 1 atom stereocenters. The van der Waals surface area contributed by atoms with Crippen LogP contribution in [0.5, 0.6) is 5.75 Å². The molecule has 1 aliphatic carbocycles. The Morgan fingerprint density at radius 1 is 1.44 bits per heavy atom. The van der Waals surface area contributed by atoms with Crippen LogP contribution in [0.3, 0.4) is 0 Å². The molecule has 1 fully saturated rings. The summed E-state index contributed by atoms with van der Waals surface area (Å²) < 4.78 is 5.49. The van der Waals surface area contributed by atoms with E-state index in [0.717, 1.165) is 12.8 Å². The summed E-state index contributed by atoms with van der Waals surface area (Å²) in [6.45, 7) is 1.74. The Labute approximate surface area is 99.7 Å². The number of carbonyl (C=O) groups is 1. The predicted octanol–water partition coefficient (Wildman–Crippen LogP) is 2.39. The highest BCUT2D eigenvalue weighted by Gasteiger charge is 2.26. The fourth-order valence-corrected chi connectivity index (χ4v) is 1.44. The number of halogens is 1. The summed E-state index contributed by atoms with van der Waals surface area (Å²) in [6.07, 6.45) is 1.69. The van der Waals surface area contributed by atoms with E-state index in [0.29, 0.717) is 16.8 Å². The molecule has 0 aliphatic heterocycles. The topological polar surface area (TPSA) is 38.3 Å². The van der Waals surface area contributed by atoms with Gasteiger partial charge in [-0.15, -0.1) is 0 Å². The lowest BCUT2D eigenvalue weighted by molar-refractivity contribution is -0.127. The van der Waals surface area contributed by atoms with Gasteiger partial charge in [0.05, 0.1) is 0 Å². The third-order valence-corrected chi connectivity index (χ3v) is 2.67. The quantitative estimate of drug-likeness (QED) is 0.876. The summed E-state index contributed by atoms with van der Waals surface area (Å²) in [7, 11) is 0. The second-order valence-corrected chi connectivity index (χ2v) is 4.43. The molecule has 3 nitrogen and oxygen atoms in total. The van der Waals surface area contributed by atoms with Gasteiger partial charge in [-0.3, -0.25) is 4.79 Å². The third kappa shape index (κ3) is 3.14. The molecule has 0 unspecified atom stereocenters. The standard InChI is InChI=1S/C12H14ClNO2/c1-8(12(15)14-10-4-5-10)16-11-6-2-9(13)3-7-11/h2-3,6-8,10H,4-5H2,1H3,(H,14,15)/t8-/m1/s1. The highest BCUT2D eigenvalue weighted by Crippen LogP contribution is 2.20. The van der Waals surface area contributed by atoms with E-state index in [2.05, 4.69) is 5.32 Å². The maximum absolute atomic E-state index is 11.6. The Bertz CT molecular complexity index is 373. The molecule has 0 heterocycles. The van der Waals surface area contributed by atoms with Crippen LogP contribution < -0.4 is 10.1 Å². The molecular weight excluding hydrogens is 226 g/mol. The molecule has 0 bridgehead atoms. The largest absolute Gasteiger partial charge is 0.481 e. The fraction of sp³-hybridized carbons (Fsp3) is 0.417. The molecule has 0 spiro atoms. The van der Waals surface area contributed by atoms with Crippen LogP contribution in [-0.4, -0.2) is 18.1 Å². The molecule has 0 saturated heterocycles. The Morgan fingerprint density at radius 3 is 2.62 bits per heavy atom. The maximum atomic E-state index is 11.6. The van der Waals surface area contributed by atoms with Gasteiger partial charge in [-0.2, -0.15) is 0 Å². The first-order valence-electron chi connectivity index (χ1n) is 5.38. The lowest BCUT2D eigenvalue weighted by Crippen LogP contribution is -2.37. The minimum Gasteiger partial charge on any atom is -0.481 e. The molecule has 86 valence electrons. The van der Waals surface area contributed by atoms with Crippen molar-refractivity contribution in [3.8, 4) is 5.75 Å². The van der Waals surface area contributed by atoms with Crippen LogP contribution in [0, 0.1) is 0 Å². The van der Waals surface area contributed by atoms with E-state index >= 15 is 0 Å². The van der Waals surface area contributed by atoms with Gasteiger partial charge in [0, 0.05) is 11.1 Å². The Hall–Kier alpha value is -1.22. The van der Waals surface area contributed by atoms with E-state index < -0.39 is 6.10 Å². The molecule has 1 aromatic rings. The highest BCUT2D eigenvalue weighted by molar-refractivity contribution is 6.30. The maximum Gasteiger partial charge on any atom is 0.260 e. The zero-order valence-corrected chi connectivity index (χ0v) is 9.83. The minimum atomic E-state index is -0.471. The SMILES string of the molecule is C[C@@H](Oc1ccc(Cl)cc1)C(=O)NC1CC1. The van der Waals surface area contributed by atoms with Gasteiger partial charge >= 0.3 is 0 Å². The van der Waals surface area contributed by atoms with E-state index in [1.165, 1.54) is 0 Å². The van der Waals surface area contributed by atoms with Gasteiger partial charge in [0.15, 0.2) is 6.10 Å². The summed E-state index contributed by atoms with van der Waals surface area (Å²) >= 11 is 5.75. The van der Waals surface area contributed by atoms with Gasteiger partial charge in [0.1, 0.15) is 5.75 Å². The van der Waals surface area contributed by atoms with Gasteiger partial charge in [-0.25, -0.2) is 0 Å². The molecule has 1 amide bonds. The van der Waals surface area contributed by atoms with E-state index in [1.54, 1.807) is 31.2 Å². The van der Waals surface area contributed by atoms with Gasteiger partial charge in [0.25, 0.3) is 5.91 Å². The second-order valence-electron chi connectivity index (χ2n) is 4.00. The van der Waals surface area contributed by atoms with Crippen LogP contribution >= 0.6 is 11.6 Å². The number of nitrogens with one attached hydrogen (secondary N) is 1. The van der Waals surface area contributed by atoms with Gasteiger partial charge in [0.2, 0.25) is 0 Å². The van der Waals surface area contributed by atoms with Crippen LogP contribution in [0.2, 0.25) is 5.02 Å². The van der Waals surface area contributed by atoms with Crippen molar-refractivity contribution in [2.75, 3.05) is 0 Å². The summed E-state index contributed by atoms with van der Waals surface area (Å²) in [5, 5.41) is 3.55. The molecule has 0 radical (unpaired) electrons. The van der Waals surface area contributed by atoms with Crippen molar-refractivity contribution in [1.82, 2.24) is 5.32 Å². The second kappa shape index (κ2) is 4.74. The Balaban J connectivity index is 1.87. The van der Waals surface area contributed by atoms with E-state index in [1.807, 2.05) is 0 Å². The van der Waals surface area contributed by atoms with Gasteiger partial charge < -0.3 is 10.1 Å². The van der Waals surface area contributed by atoms with E-state index in [9.17, 15) is 4.79 Å². The zero-order chi connectivity index (χ0) is 11.5. The normalized spacial score (nSPS) is 16.6. The zero-order valence-electron chi connectivity index (χ0n) is 9.07. The number of hydrogen-bond donors (Lipinski definition) is 1. The lowest BCUT2D eigenvalue weighted by Gasteiger charge is -2.14. The molecule has 4 heteroatoms. The first-order chi connectivity index (χ1) is 7.65. The lowest BCUT2D eigenvalue weighted by atomic mass is 10.3. The van der Waals surface area contributed by atoms with E-state index in [4.69, 9.17) is 16.3 Å². The number of rotatable bonds is 4. The summed E-state index contributed by atoms with van der Waals surface area (Å²) in [5.74, 6) is 0.597. The van der Waals surface area contributed by atoms with Crippen LogP contribution in [0.25, 0.3) is 0 Å². The summed E-state index contributed by atoms with van der Waals surface area (Å²) in [5.41, 5.74) is 0. The van der Waals surface area contributed by atoms with Crippen molar-refractivity contribution >= 4 is 17.5 Å². The first-order valence-corrected chi connectivity index (χ1v) is 5.75. The van der Waals surface area contributed by atoms with E-state index in [-0.39, 0.29) is 5.91 Å². The first kappa shape index (κ1) is 11.3. The molecular formula is C12H14ClNO2. The Kier molecular flexibility index (Phi) is 3.34. The average molecular weight is 240 g/mol. The van der Waals surface area contributed by atoms with Crippen molar-refractivity contribution in [2.24, 2.45) is 0 Å². The third-order valence-electron chi connectivity index (χ3n) is 2.42. The molecule has 1 N–H and O–H groups in total. The number of benzene rings is 1. The monoisotopic (exact) mass is 239 g/mol. The molecule has 16 heavy (non-hydrogen) atoms. The summed E-state index contributed by atoms with van der Waals surface area (Å²) in [4.78, 5) is 11.6. The molecule has 2 rings (SSSR count). The molecule has 0 aromatic heterocycles. The van der Waals surface area contributed by atoms with Crippen LogP contribution in [0.4, 0.5) is 0 Å².